The molecule has 0 bridgehead atoms. The van der Waals surface area contributed by atoms with Crippen LogP contribution in [-0.2, 0) is 0 Å². The van der Waals surface area contributed by atoms with Crippen LogP contribution in [0, 0.1) is 0 Å². The zero-order chi connectivity index (χ0) is 8.55. The molecule has 12 heavy (non-hydrogen) atoms. The van der Waals surface area contributed by atoms with Crippen molar-refractivity contribution in [2.75, 3.05) is 5.43 Å². The van der Waals surface area contributed by atoms with E-state index in [1.165, 1.54) is 0 Å². The van der Waals surface area contributed by atoms with Gasteiger partial charge in [0.1, 0.15) is 4.60 Å². The smallest absolute Gasteiger partial charge is 0.223 e. The van der Waals surface area contributed by atoms with Crippen LogP contribution >= 0.6 is 15.9 Å². The van der Waals surface area contributed by atoms with Gasteiger partial charge in [0.15, 0.2) is 0 Å². The predicted molar refractivity (Wildman–Crippen MR) is 50.7 cm³/mol. The van der Waals surface area contributed by atoms with Crippen molar-refractivity contribution in [2.45, 2.75) is 0 Å². The maximum Gasteiger partial charge on any atom is 0.223 e. The Morgan fingerprint density at radius 2 is 2.33 bits per heavy atom. The van der Waals surface area contributed by atoms with Gasteiger partial charge in [0.25, 0.3) is 0 Å². The topological polar surface area (TPSA) is 55.3 Å². The van der Waals surface area contributed by atoms with Crippen molar-refractivity contribution in [1.82, 2.24) is 9.38 Å². The first-order valence-electron chi connectivity index (χ1n) is 3.42. The summed E-state index contributed by atoms with van der Waals surface area (Å²) in [6.45, 7) is 0. The van der Waals surface area contributed by atoms with E-state index in [-0.39, 0.29) is 0 Å². The summed E-state index contributed by atoms with van der Waals surface area (Å²) in [5, 5.41) is 0. The molecule has 0 saturated carbocycles. The van der Waals surface area contributed by atoms with Crippen LogP contribution in [0.1, 0.15) is 0 Å². The number of nitrogens with two attached hydrogens (primary N) is 1. The van der Waals surface area contributed by atoms with Crippen molar-refractivity contribution >= 4 is 27.4 Å². The number of nitrogen functional groups attached to an aromatic ring is 1. The molecule has 2 heterocycles. The maximum absolute atomic E-state index is 5.28. The van der Waals surface area contributed by atoms with Crippen molar-refractivity contribution in [3.8, 4) is 0 Å². The van der Waals surface area contributed by atoms with E-state index in [0.29, 0.717) is 5.95 Å². The van der Waals surface area contributed by atoms with Gasteiger partial charge < -0.3 is 0 Å². The number of nitrogens with one attached hydrogen (secondary N) is 1. The number of hydrazine groups is 1. The second kappa shape index (κ2) is 2.76. The van der Waals surface area contributed by atoms with Gasteiger partial charge in [0, 0.05) is 6.20 Å². The van der Waals surface area contributed by atoms with Crippen LogP contribution in [0.2, 0.25) is 0 Å². The zero-order valence-corrected chi connectivity index (χ0v) is 7.75. The quantitative estimate of drug-likeness (QED) is 0.571. The minimum Gasteiger partial charge on any atom is -0.293 e. The van der Waals surface area contributed by atoms with Crippen LogP contribution < -0.4 is 11.3 Å². The van der Waals surface area contributed by atoms with Crippen molar-refractivity contribution in [3.63, 3.8) is 0 Å². The second-order valence-electron chi connectivity index (χ2n) is 2.33. The number of aromatic nitrogens is 2. The third kappa shape index (κ3) is 0.981. The van der Waals surface area contributed by atoms with Crippen molar-refractivity contribution < 1.29 is 0 Å². The molecule has 5 heteroatoms. The first-order chi connectivity index (χ1) is 5.83. The molecule has 2 aromatic heterocycles. The average Bonchev–Trinajstić information content (AvgIpc) is 2.44. The molecular weight excluding hydrogens is 220 g/mol. The number of hydrogen-bond donors (Lipinski definition) is 2. The van der Waals surface area contributed by atoms with Gasteiger partial charge in [0.2, 0.25) is 5.95 Å². The van der Waals surface area contributed by atoms with Crippen LogP contribution in [0.5, 0.6) is 0 Å². The van der Waals surface area contributed by atoms with E-state index in [1.54, 1.807) is 0 Å². The van der Waals surface area contributed by atoms with E-state index < -0.39 is 0 Å². The third-order valence-electron chi connectivity index (χ3n) is 1.63. The van der Waals surface area contributed by atoms with Gasteiger partial charge in [-0.25, -0.2) is 10.8 Å². The Bertz CT molecular complexity index is 409. The molecule has 2 rings (SSSR count). The Balaban J connectivity index is 2.82. The third-order valence-corrected chi connectivity index (χ3v) is 2.22. The summed E-state index contributed by atoms with van der Waals surface area (Å²) in [7, 11) is 0. The van der Waals surface area contributed by atoms with Crippen molar-refractivity contribution in [2.24, 2.45) is 5.84 Å². The number of pyridine rings is 1. The Morgan fingerprint density at radius 3 is 3.08 bits per heavy atom. The number of nitrogens with zero attached hydrogens (tertiary/aromatic N) is 2. The molecule has 0 fully saturated rings. The molecule has 0 saturated heterocycles. The lowest BCUT2D eigenvalue weighted by molar-refractivity contribution is 1.11. The largest absolute Gasteiger partial charge is 0.293 e. The molecule has 0 atom stereocenters. The van der Waals surface area contributed by atoms with E-state index in [1.807, 2.05) is 28.8 Å². The summed E-state index contributed by atoms with van der Waals surface area (Å²) in [6, 6.07) is 5.82. The van der Waals surface area contributed by atoms with Gasteiger partial charge in [-0.2, -0.15) is 0 Å². The molecule has 0 aromatic carbocycles. The minimum absolute atomic E-state index is 0.623. The monoisotopic (exact) mass is 226 g/mol. The molecule has 0 aliphatic carbocycles. The van der Waals surface area contributed by atoms with Crippen LogP contribution in [0.15, 0.2) is 29.0 Å². The Hall–Kier alpha value is -1.07. The predicted octanol–water partition coefficient (Wildman–Crippen LogP) is 1.38. The second-order valence-corrected chi connectivity index (χ2v) is 3.08. The molecule has 0 amide bonds. The summed E-state index contributed by atoms with van der Waals surface area (Å²) in [5.74, 6) is 5.90. The lowest BCUT2D eigenvalue weighted by atomic mass is 10.4. The maximum atomic E-state index is 5.28. The SMILES string of the molecule is NNc1nc(Br)c2ccccn12. The number of anilines is 1. The van der Waals surface area contributed by atoms with Gasteiger partial charge in [-0.3, -0.25) is 9.83 Å². The highest BCUT2D eigenvalue weighted by Gasteiger charge is 2.05. The Labute approximate surface area is 77.5 Å². The van der Waals surface area contributed by atoms with Gasteiger partial charge in [-0.1, -0.05) is 6.07 Å². The highest BCUT2D eigenvalue weighted by molar-refractivity contribution is 9.10. The fraction of sp³-hybridized carbons (Fsp3) is 0. The summed E-state index contributed by atoms with van der Waals surface area (Å²) < 4.78 is 2.65. The molecule has 4 nitrogen and oxygen atoms in total. The molecule has 0 aliphatic heterocycles. The standard InChI is InChI=1S/C7H7BrN4/c8-6-5-3-1-2-4-12(5)7(10-6)11-9/h1-4H,9H2,(H,10,11). The van der Waals surface area contributed by atoms with E-state index >= 15 is 0 Å². The molecule has 0 radical (unpaired) electrons. The number of imidazole rings is 1. The van der Waals surface area contributed by atoms with Crippen molar-refractivity contribution in [3.05, 3.63) is 29.0 Å². The van der Waals surface area contributed by atoms with Gasteiger partial charge in [-0.05, 0) is 28.1 Å². The molecule has 62 valence electrons. The Morgan fingerprint density at radius 1 is 1.50 bits per heavy atom. The lowest BCUT2D eigenvalue weighted by Gasteiger charge is -1.96. The lowest BCUT2D eigenvalue weighted by Crippen LogP contribution is -2.09. The molecule has 0 spiro atoms. The van der Waals surface area contributed by atoms with Crippen LogP contribution in [0.25, 0.3) is 5.52 Å². The molecule has 0 aliphatic rings. The van der Waals surface area contributed by atoms with Gasteiger partial charge in [0.05, 0.1) is 5.52 Å². The van der Waals surface area contributed by atoms with E-state index in [4.69, 9.17) is 5.84 Å². The normalized spacial score (nSPS) is 10.5. The minimum atomic E-state index is 0.623. The Kier molecular flexibility index (Phi) is 1.74. The number of fused-ring (bicyclic) bond motifs is 1. The molecular formula is C7H7BrN4. The summed E-state index contributed by atoms with van der Waals surface area (Å²) in [4.78, 5) is 4.15. The van der Waals surface area contributed by atoms with Crippen LogP contribution in [0.4, 0.5) is 5.95 Å². The molecule has 0 unspecified atom stereocenters. The van der Waals surface area contributed by atoms with Gasteiger partial charge >= 0.3 is 0 Å². The van der Waals surface area contributed by atoms with E-state index in [2.05, 4.69) is 26.3 Å². The number of halogens is 1. The van der Waals surface area contributed by atoms with Gasteiger partial charge in [-0.15, -0.1) is 0 Å². The zero-order valence-electron chi connectivity index (χ0n) is 6.16. The summed E-state index contributed by atoms with van der Waals surface area (Å²) in [5.41, 5.74) is 3.50. The summed E-state index contributed by atoms with van der Waals surface area (Å²) >= 11 is 3.33. The van der Waals surface area contributed by atoms with Crippen LogP contribution in [-0.4, -0.2) is 9.38 Å². The van der Waals surface area contributed by atoms with E-state index in [0.717, 1.165) is 10.1 Å². The first kappa shape index (κ1) is 7.57. The first-order valence-corrected chi connectivity index (χ1v) is 4.21. The highest BCUT2D eigenvalue weighted by atomic mass is 79.9. The van der Waals surface area contributed by atoms with E-state index in [9.17, 15) is 0 Å². The van der Waals surface area contributed by atoms with Crippen LogP contribution in [0.3, 0.4) is 0 Å². The molecule has 2 aromatic rings. The number of hydrogen-bond acceptors (Lipinski definition) is 3. The fourth-order valence-corrected chi connectivity index (χ4v) is 1.59. The summed E-state index contributed by atoms with van der Waals surface area (Å²) in [6.07, 6.45) is 1.89. The fourth-order valence-electron chi connectivity index (χ4n) is 1.10. The van der Waals surface area contributed by atoms with Crippen molar-refractivity contribution in [1.29, 1.82) is 0 Å². The number of rotatable bonds is 1. The average molecular weight is 227 g/mol. The highest BCUT2D eigenvalue weighted by Crippen LogP contribution is 2.20. The molecule has 3 N–H and O–H groups in total.